The Bertz CT molecular complexity index is 2620. The molecule has 25 heteroatoms. The molecule has 0 heterocycles. The smallest absolute Gasteiger partial charge is 0.408 e. The second-order valence-corrected chi connectivity index (χ2v) is 27.1. The van der Waals surface area contributed by atoms with Gasteiger partial charge in [-0.15, -0.1) is 0 Å². The number of alkyl carbamates (subject to hydrolysis) is 2. The highest BCUT2D eigenvalue weighted by atomic mass is 32.2. The van der Waals surface area contributed by atoms with Crippen LogP contribution in [-0.4, -0.2) is 108 Å². The Morgan fingerprint density at radius 1 is 0.500 bits per heavy atom. The number of carboxylic acid groups (broad SMARTS) is 1. The molecule has 9 N–H and O–H groups in total. The lowest BCUT2D eigenvalue weighted by Gasteiger charge is -2.23. The van der Waals surface area contributed by atoms with E-state index in [0.717, 1.165) is 134 Å². The highest BCUT2D eigenvalue weighted by Gasteiger charge is 2.25. The van der Waals surface area contributed by atoms with Gasteiger partial charge in [0.25, 0.3) is 0 Å². The fraction of sp³-hybridized carbons (Fsp3) is 0.577. The van der Waals surface area contributed by atoms with Gasteiger partial charge in [-0.3, -0.25) is 19.2 Å². The lowest BCUT2D eigenvalue weighted by Crippen LogP contribution is -2.42. The van der Waals surface area contributed by atoms with Crippen molar-refractivity contribution >= 4 is 122 Å². The first-order chi connectivity index (χ1) is 44.2. The third-order valence-corrected chi connectivity index (χ3v) is 15.7. The first kappa shape index (κ1) is 97.8. The molecule has 0 fully saturated rings. The normalized spacial score (nSPS) is 11.3. The molecule has 0 bridgehead atoms. The van der Waals surface area contributed by atoms with Crippen molar-refractivity contribution in [1.82, 2.24) is 10.6 Å². The quantitative estimate of drug-likeness (QED) is 0.0165. The molecule has 0 unspecified atom stereocenters. The third kappa shape index (κ3) is 55.3. The maximum absolute atomic E-state index is 12.9. The number of carboxylic acids is 1. The SMILES string of the molecule is CCCCC[C@H](C)C(=O)O.CCCOc1ccc(CS)cc1.CCCOc1ccc(CSC(=O)[C@H](CCCCNC(=O)OC(C)(C)C)NC(=O)OC(C)(C)C)cc1.CCCOc1ccc(CSC(C)=O)cc1.NCCCC[C@H](N)C(=O)SCc1ccc(OCCN)cc1.S.S.S. The van der Waals surface area contributed by atoms with E-state index in [0.29, 0.717) is 70.0 Å². The van der Waals surface area contributed by atoms with Gasteiger partial charge < -0.3 is 61.4 Å². The van der Waals surface area contributed by atoms with Crippen molar-refractivity contribution in [3.63, 3.8) is 0 Å². The molecule has 4 rings (SSSR count). The lowest BCUT2D eigenvalue weighted by molar-refractivity contribution is -0.141. The minimum atomic E-state index is -0.691. The van der Waals surface area contributed by atoms with Crippen molar-refractivity contribution in [2.45, 2.75) is 213 Å². The number of ether oxygens (including phenoxy) is 6. The zero-order valence-electron chi connectivity index (χ0n) is 59.2. The number of carbonyl (C=O) groups excluding carboxylic acids is 5. The van der Waals surface area contributed by atoms with Gasteiger partial charge in [-0.1, -0.05) is 144 Å². The molecule has 0 aliphatic heterocycles. The summed E-state index contributed by atoms with van der Waals surface area (Å²) in [7, 11) is 0. The van der Waals surface area contributed by atoms with E-state index in [1.165, 1.54) is 29.1 Å². The Kier molecular flexibility index (Phi) is 61.5. The molecule has 0 saturated heterocycles. The number of thiol groups is 1. The van der Waals surface area contributed by atoms with Gasteiger partial charge >= 0.3 is 18.2 Å². The van der Waals surface area contributed by atoms with Gasteiger partial charge in [0.2, 0.25) is 10.2 Å². The number of aliphatic carboxylic acids is 1. The van der Waals surface area contributed by atoms with E-state index in [1.807, 2.05) is 97.1 Å². The summed E-state index contributed by atoms with van der Waals surface area (Å²) in [6.07, 6.45) is 10.3. The van der Waals surface area contributed by atoms with E-state index >= 15 is 0 Å². The number of hydrogen-bond acceptors (Lipinski definition) is 19. The van der Waals surface area contributed by atoms with Gasteiger partial charge in [0.1, 0.15) is 46.8 Å². The predicted octanol–water partition coefficient (Wildman–Crippen LogP) is 15.8. The number of thioether (sulfide) groups is 3. The van der Waals surface area contributed by atoms with Crippen molar-refractivity contribution in [3.05, 3.63) is 119 Å². The Morgan fingerprint density at radius 3 is 1.26 bits per heavy atom. The molecule has 4 aromatic rings. The van der Waals surface area contributed by atoms with Crippen molar-refractivity contribution in [3.8, 4) is 23.0 Å². The zero-order valence-corrected chi connectivity index (χ0v) is 65.5. The van der Waals surface area contributed by atoms with Crippen LogP contribution in [-0.2, 0) is 51.7 Å². The van der Waals surface area contributed by atoms with Gasteiger partial charge in [0, 0.05) is 43.0 Å². The molecule has 0 spiro atoms. The van der Waals surface area contributed by atoms with Crippen LogP contribution in [0.4, 0.5) is 9.59 Å². The highest BCUT2D eigenvalue weighted by Crippen LogP contribution is 2.23. The maximum Gasteiger partial charge on any atom is 0.408 e. The van der Waals surface area contributed by atoms with E-state index < -0.39 is 41.4 Å². The number of unbranched alkanes of at least 4 members (excludes halogenated alkanes) is 4. The van der Waals surface area contributed by atoms with Crippen molar-refractivity contribution in [2.75, 3.05) is 46.1 Å². The van der Waals surface area contributed by atoms with Crippen molar-refractivity contribution in [2.24, 2.45) is 23.1 Å². The largest absolute Gasteiger partial charge is 0.494 e. The number of rotatable bonds is 36. The van der Waals surface area contributed by atoms with E-state index in [-0.39, 0.29) is 61.8 Å². The molecule has 548 valence electrons. The topological polar surface area (TPSA) is 280 Å². The maximum atomic E-state index is 12.9. The van der Waals surface area contributed by atoms with Crippen LogP contribution in [0.5, 0.6) is 23.0 Å². The van der Waals surface area contributed by atoms with Crippen molar-refractivity contribution in [1.29, 1.82) is 0 Å². The fourth-order valence-electron chi connectivity index (χ4n) is 7.40. The molecule has 0 aliphatic carbocycles. The summed E-state index contributed by atoms with van der Waals surface area (Å²) < 4.78 is 32.4. The number of nitrogens with two attached hydrogens (primary N) is 3. The Balaban J connectivity index is -0.000000592. The number of amides is 2. The van der Waals surface area contributed by atoms with Gasteiger partial charge in [-0.05, 0) is 177 Å². The van der Waals surface area contributed by atoms with Crippen LogP contribution < -0.4 is 46.8 Å². The molecule has 0 saturated carbocycles. The zero-order chi connectivity index (χ0) is 69.9. The predicted molar refractivity (Wildman–Crippen MR) is 419 cm³/mol. The molecule has 0 aliphatic rings. The van der Waals surface area contributed by atoms with Crippen LogP contribution in [0.3, 0.4) is 0 Å². The summed E-state index contributed by atoms with van der Waals surface area (Å²) in [5.41, 5.74) is 19.9. The second-order valence-electron chi connectivity index (χ2n) is 23.7. The number of benzene rings is 4. The monoisotopic (exact) mass is 1470 g/mol. The van der Waals surface area contributed by atoms with Gasteiger partial charge in [-0.2, -0.15) is 53.1 Å². The summed E-state index contributed by atoms with van der Waals surface area (Å²) in [5.74, 6) is 5.24. The summed E-state index contributed by atoms with van der Waals surface area (Å²) in [4.78, 5) is 69.9. The molecule has 3 atom stereocenters. The fourth-order valence-corrected chi connectivity index (χ4v) is 9.89. The third-order valence-electron chi connectivity index (χ3n) is 12.4. The molecular formula is C71H119N5O13S7. The molecule has 4 aromatic carbocycles. The minimum Gasteiger partial charge on any atom is -0.494 e. The second kappa shape index (κ2) is 60.4. The standard InChI is InChI=1S/C26H42N2O6S.C15H25N3O2S.C12H16O2S.C10H14OS.C8H16O2.3H2S/c1-8-17-32-20-14-12-19(13-15-20)18-35-22(29)21(28-24(31)34-26(5,6)7)11-9-10-16-27-23(30)33-25(2,3)4;16-8-2-1-3-14(18)15(19)21-11-12-4-6-13(7-5-12)20-10-9-17;1-3-8-14-12-6-4-11(5-7-12)9-15-10(2)13;1-2-7-11-10-5-3-9(8-12)4-6-10;1-3-4-5-6-7(2)8(9)10;;;/h12-15,21H,8-11,16-18H2,1-7H3,(H,27,30)(H,28,31);4-7,14H,1-3,8-11,16-18H2;4-7H,3,8-9H2,1-2H3;3-6,12H,2,7-8H2,1H3;7H,3-6H2,1-2H3,(H,9,10);3*1H2/t21-;14-;;;7-;;;/m00..0.../s1. The molecule has 2 amide bonds. The van der Waals surface area contributed by atoms with E-state index in [1.54, 1.807) is 55.4 Å². The van der Waals surface area contributed by atoms with Crippen LogP contribution in [0.1, 0.15) is 189 Å². The summed E-state index contributed by atoms with van der Waals surface area (Å²) in [6, 6.07) is 30.2. The van der Waals surface area contributed by atoms with Crippen molar-refractivity contribution < 1.29 is 62.3 Å². The Labute approximate surface area is 614 Å². The number of carbonyl (C=O) groups is 6. The van der Waals surface area contributed by atoms with Crippen LogP contribution in [0.25, 0.3) is 0 Å². The average Bonchev–Trinajstić information content (AvgIpc) is 3.71. The first-order valence-electron chi connectivity index (χ1n) is 32.5. The Morgan fingerprint density at radius 2 is 0.885 bits per heavy atom. The van der Waals surface area contributed by atoms with Crippen LogP contribution >= 0.6 is 88.4 Å². The average molecular weight is 1480 g/mol. The molecule has 96 heavy (non-hydrogen) atoms. The molecule has 18 nitrogen and oxygen atoms in total. The van der Waals surface area contributed by atoms with Crippen LogP contribution in [0.2, 0.25) is 0 Å². The summed E-state index contributed by atoms with van der Waals surface area (Å²) in [5, 5.41) is 13.9. The van der Waals surface area contributed by atoms with Gasteiger partial charge in [0.15, 0.2) is 5.12 Å². The van der Waals surface area contributed by atoms with E-state index in [4.69, 9.17) is 50.7 Å². The highest BCUT2D eigenvalue weighted by molar-refractivity contribution is 8.13. The minimum absolute atomic E-state index is 0. The van der Waals surface area contributed by atoms with Crippen LogP contribution in [0.15, 0.2) is 97.1 Å². The lowest BCUT2D eigenvalue weighted by atomic mass is 10.0. The molecule has 0 radical (unpaired) electrons. The summed E-state index contributed by atoms with van der Waals surface area (Å²) >= 11 is 7.92. The number of nitrogens with one attached hydrogen (secondary N) is 2. The van der Waals surface area contributed by atoms with E-state index in [9.17, 15) is 28.8 Å². The number of hydrogen-bond donors (Lipinski definition) is 7. The van der Waals surface area contributed by atoms with Gasteiger partial charge in [0.05, 0.1) is 31.8 Å². The molecule has 0 aromatic heterocycles. The van der Waals surface area contributed by atoms with E-state index in [2.05, 4.69) is 51.0 Å². The summed E-state index contributed by atoms with van der Waals surface area (Å²) in [6.45, 7) is 26.7. The van der Waals surface area contributed by atoms with Gasteiger partial charge in [-0.25, -0.2) is 9.59 Å². The molecular weight excluding hydrogens is 1360 g/mol. The Hall–Kier alpha value is -4.57. The van der Waals surface area contributed by atoms with Crippen LogP contribution in [0, 0.1) is 5.92 Å². The first-order valence-corrected chi connectivity index (χ1v) is 36.1.